The van der Waals surface area contributed by atoms with Crippen LogP contribution in [0.1, 0.15) is 19.4 Å². The van der Waals surface area contributed by atoms with E-state index in [-0.39, 0.29) is 18.2 Å². The van der Waals surface area contributed by atoms with Gasteiger partial charge in [0.1, 0.15) is 5.75 Å². The average molecular weight is 252 g/mol. The van der Waals surface area contributed by atoms with E-state index in [9.17, 15) is 9.90 Å². The summed E-state index contributed by atoms with van der Waals surface area (Å²) in [6, 6.07) is 5.88. The first kappa shape index (κ1) is 14.5. The first-order valence-electron chi connectivity index (χ1n) is 5.81. The molecule has 0 fully saturated rings. The lowest BCUT2D eigenvalue weighted by atomic mass is 10.1. The lowest BCUT2D eigenvalue weighted by molar-refractivity contribution is -0.123. The monoisotopic (exact) mass is 252 g/mol. The molecule has 1 aromatic rings. The van der Waals surface area contributed by atoms with E-state index in [1.165, 1.54) is 0 Å². The predicted molar refractivity (Wildman–Crippen MR) is 69.1 cm³/mol. The second-order valence-corrected chi connectivity index (χ2v) is 5.01. The fourth-order valence-corrected chi connectivity index (χ4v) is 1.41. The fraction of sp³-hybridized carbons (Fsp3) is 0.462. The van der Waals surface area contributed by atoms with Gasteiger partial charge < -0.3 is 21.3 Å². The van der Waals surface area contributed by atoms with Crippen LogP contribution in [-0.2, 0) is 11.2 Å². The maximum atomic E-state index is 11.7. The molecule has 0 aromatic heterocycles. The summed E-state index contributed by atoms with van der Waals surface area (Å²) in [5.41, 5.74) is 5.68. The number of phenolic OH excluding ortho intramolecular Hbond substituents is 1. The third-order valence-electron chi connectivity index (χ3n) is 2.42. The lowest BCUT2D eigenvalue weighted by Gasteiger charge is -2.19. The van der Waals surface area contributed by atoms with E-state index < -0.39 is 11.6 Å². The van der Waals surface area contributed by atoms with Crippen molar-refractivity contribution in [1.29, 1.82) is 0 Å². The van der Waals surface area contributed by atoms with Gasteiger partial charge in [-0.1, -0.05) is 12.1 Å². The van der Waals surface area contributed by atoms with Crippen molar-refractivity contribution in [2.45, 2.75) is 31.9 Å². The molecule has 18 heavy (non-hydrogen) atoms. The Morgan fingerprint density at radius 3 is 2.44 bits per heavy atom. The van der Waals surface area contributed by atoms with Gasteiger partial charge in [-0.15, -0.1) is 0 Å². The number of hydrogen-bond acceptors (Lipinski definition) is 4. The smallest absolute Gasteiger partial charge is 0.237 e. The number of carbonyl (C=O) groups is 1. The third kappa shape index (κ3) is 5.16. The third-order valence-corrected chi connectivity index (χ3v) is 2.42. The van der Waals surface area contributed by atoms with Gasteiger partial charge in [0.25, 0.3) is 0 Å². The highest BCUT2D eigenvalue weighted by Crippen LogP contribution is 2.10. The number of benzene rings is 1. The van der Waals surface area contributed by atoms with Crippen molar-refractivity contribution in [3.05, 3.63) is 29.8 Å². The summed E-state index contributed by atoms with van der Waals surface area (Å²) in [6.45, 7) is 3.38. The van der Waals surface area contributed by atoms with Gasteiger partial charge in [-0.25, -0.2) is 0 Å². The molecule has 5 nitrogen and oxygen atoms in total. The summed E-state index contributed by atoms with van der Waals surface area (Å²) in [5, 5.41) is 21.2. The molecule has 1 atom stereocenters. The predicted octanol–water partition coefficient (Wildman–Crippen LogP) is 0.149. The van der Waals surface area contributed by atoms with Crippen LogP contribution >= 0.6 is 0 Å². The molecule has 0 bridgehead atoms. The topological polar surface area (TPSA) is 95.6 Å². The lowest BCUT2D eigenvalue weighted by Crippen LogP contribution is -2.46. The number of nitrogens with two attached hydrogens (primary N) is 1. The minimum atomic E-state index is -0.950. The molecule has 0 aliphatic carbocycles. The number of carbonyl (C=O) groups excluding carboxylic acids is 1. The Morgan fingerprint density at radius 1 is 1.39 bits per heavy atom. The number of rotatable bonds is 5. The van der Waals surface area contributed by atoms with Gasteiger partial charge >= 0.3 is 0 Å². The molecule has 0 heterocycles. The minimum Gasteiger partial charge on any atom is -0.508 e. The zero-order valence-electron chi connectivity index (χ0n) is 10.7. The van der Waals surface area contributed by atoms with Crippen LogP contribution in [0.5, 0.6) is 5.75 Å². The van der Waals surface area contributed by atoms with Gasteiger partial charge in [-0.05, 0) is 38.0 Å². The van der Waals surface area contributed by atoms with E-state index in [1.54, 1.807) is 38.1 Å². The molecular formula is C13H20N2O3. The van der Waals surface area contributed by atoms with Gasteiger partial charge in [0.05, 0.1) is 11.6 Å². The molecule has 5 N–H and O–H groups in total. The van der Waals surface area contributed by atoms with Gasteiger partial charge in [0, 0.05) is 6.54 Å². The largest absolute Gasteiger partial charge is 0.508 e. The molecule has 5 heteroatoms. The second-order valence-electron chi connectivity index (χ2n) is 5.01. The molecule has 1 amide bonds. The summed E-state index contributed by atoms with van der Waals surface area (Å²) in [5.74, 6) is -0.121. The summed E-state index contributed by atoms with van der Waals surface area (Å²) in [4.78, 5) is 11.7. The fourth-order valence-electron chi connectivity index (χ4n) is 1.41. The molecule has 0 saturated heterocycles. The highest BCUT2D eigenvalue weighted by atomic mass is 16.3. The van der Waals surface area contributed by atoms with Crippen molar-refractivity contribution in [3.8, 4) is 5.75 Å². The number of hydrogen-bond donors (Lipinski definition) is 4. The first-order chi connectivity index (χ1) is 8.28. The molecule has 100 valence electrons. The highest BCUT2D eigenvalue weighted by Gasteiger charge is 2.18. The molecule has 1 rings (SSSR count). The molecule has 1 unspecified atom stereocenters. The summed E-state index contributed by atoms with van der Waals surface area (Å²) in [6.07, 6.45) is 0.387. The molecular weight excluding hydrogens is 232 g/mol. The van der Waals surface area contributed by atoms with E-state index in [0.717, 1.165) is 5.56 Å². The van der Waals surface area contributed by atoms with Crippen LogP contribution in [0.2, 0.25) is 0 Å². The molecule has 0 spiro atoms. The van der Waals surface area contributed by atoms with E-state index in [1.807, 2.05) is 0 Å². The van der Waals surface area contributed by atoms with Crippen LogP contribution in [0, 0.1) is 0 Å². The zero-order valence-corrected chi connectivity index (χ0v) is 10.7. The Kier molecular flexibility index (Phi) is 4.69. The molecule has 0 radical (unpaired) electrons. The van der Waals surface area contributed by atoms with Crippen molar-refractivity contribution in [2.75, 3.05) is 6.54 Å². The van der Waals surface area contributed by atoms with Crippen molar-refractivity contribution >= 4 is 5.91 Å². The number of amides is 1. The average Bonchev–Trinajstić information content (AvgIpc) is 2.28. The Bertz CT molecular complexity index is 396. The Labute approximate surface area is 107 Å². The number of nitrogens with one attached hydrogen (secondary N) is 1. The zero-order chi connectivity index (χ0) is 13.8. The van der Waals surface area contributed by atoms with Crippen LogP contribution < -0.4 is 11.1 Å². The van der Waals surface area contributed by atoms with Crippen LogP contribution in [0.3, 0.4) is 0 Å². The van der Waals surface area contributed by atoms with Gasteiger partial charge in [0.2, 0.25) is 5.91 Å². The minimum absolute atomic E-state index is 0.162. The maximum Gasteiger partial charge on any atom is 0.237 e. The molecule has 1 aromatic carbocycles. The number of aliphatic hydroxyl groups is 1. The van der Waals surface area contributed by atoms with E-state index in [0.29, 0.717) is 6.42 Å². The SMILES string of the molecule is CC(C)(O)CNC(=O)C(N)Cc1ccc(O)cc1. The highest BCUT2D eigenvalue weighted by molar-refractivity contribution is 5.81. The van der Waals surface area contributed by atoms with E-state index in [2.05, 4.69) is 5.32 Å². The van der Waals surface area contributed by atoms with Gasteiger partial charge in [0.15, 0.2) is 0 Å². The number of aromatic hydroxyl groups is 1. The molecule has 0 aliphatic heterocycles. The first-order valence-corrected chi connectivity index (χ1v) is 5.81. The van der Waals surface area contributed by atoms with Crippen LogP contribution in [0.15, 0.2) is 24.3 Å². The summed E-state index contributed by atoms with van der Waals surface area (Å²) in [7, 11) is 0. The van der Waals surface area contributed by atoms with E-state index >= 15 is 0 Å². The van der Waals surface area contributed by atoms with Crippen molar-refractivity contribution in [3.63, 3.8) is 0 Å². The maximum absolute atomic E-state index is 11.7. The van der Waals surface area contributed by atoms with Crippen molar-refractivity contribution in [2.24, 2.45) is 5.73 Å². The number of phenols is 1. The van der Waals surface area contributed by atoms with E-state index in [4.69, 9.17) is 10.8 Å². The van der Waals surface area contributed by atoms with Crippen molar-refractivity contribution in [1.82, 2.24) is 5.32 Å². The van der Waals surface area contributed by atoms with Crippen LogP contribution in [0.4, 0.5) is 0 Å². The van der Waals surface area contributed by atoms with Crippen LogP contribution in [0.25, 0.3) is 0 Å². The Balaban J connectivity index is 2.47. The normalized spacial score (nSPS) is 13.1. The van der Waals surface area contributed by atoms with Gasteiger partial charge in [-0.3, -0.25) is 4.79 Å². The summed E-state index contributed by atoms with van der Waals surface area (Å²) >= 11 is 0. The van der Waals surface area contributed by atoms with Crippen molar-refractivity contribution < 1.29 is 15.0 Å². The summed E-state index contributed by atoms with van der Waals surface area (Å²) < 4.78 is 0. The molecule has 0 saturated carbocycles. The second kappa shape index (κ2) is 5.84. The Morgan fingerprint density at radius 2 is 1.94 bits per heavy atom. The molecule has 0 aliphatic rings. The standard InChI is InChI=1S/C13H20N2O3/c1-13(2,18)8-15-12(17)11(14)7-9-3-5-10(16)6-4-9/h3-6,11,16,18H,7-8,14H2,1-2H3,(H,15,17). The van der Waals surface area contributed by atoms with Crippen LogP contribution in [-0.4, -0.2) is 34.3 Å². The quantitative estimate of drug-likeness (QED) is 0.600. The van der Waals surface area contributed by atoms with Gasteiger partial charge in [-0.2, -0.15) is 0 Å². The Hall–Kier alpha value is -1.59.